The third-order valence-corrected chi connectivity index (χ3v) is 5.89. The molecule has 7 nitrogen and oxygen atoms in total. The maximum Gasteiger partial charge on any atom is 0.310 e. The molecule has 0 unspecified atom stereocenters. The highest BCUT2D eigenvalue weighted by atomic mass is 32.2. The minimum Gasteiger partial charge on any atom is -0.466 e. The second-order valence-corrected chi connectivity index (χ2v) is 8.34. The Hall–Kier alpha value is -2.87. The van der Waals surface area contributed by atoms with Crippen LogP contribution in [0.5, 0.6) is 0 Å². The van der Waals surface area contributed by atoms with Gasteiger partial charge in [0.2, 0.25) is 10.0 Å². The molecule has 150 valence electrons. The lowest BCUT2D eigenvalue weighted by molar-refractivity contribution is -0.142. The summed E-state index contributed by atoms with van der Waals surface area (Å²) in [5, 5.41) is 2.76. The Bertz CT molecular complexity index is 939. The minimum atomic E-state index is -3.41. The number of hydrogen-bond donors (Lipinski definition) is 1. The van der Waals surface area contributed by atoms with Crippen molar-refractivity contribution in [3.8, 4) is 0 Å². The van der Waals surface area contributed by atoms with Gasteiger partial charge >= 0.3 is 5.97 Å². The Morgan fingerprint density at radius 1 is 1.07 bits per heavy atom. The van der Waals surface area contributed by atoms with Gasteiger partial charge in [-0.15, -0.1) is 0 Å². The monoisotopic (exact) mass is 404 g/mol. The molecule has 0 aromatic heterocycles. The van der Waals surface area contributed by atoms with Crippen LogP contribution in [0.1, 0.15) is 29.8 Å². The molecule has 2 aromatic carbocycles. The standard InChI is InChI=1S/C20H24N2O5S/c1-4-27-19(23)13-15-9-11-17(12-10-15)21-20(24)16-7-6-8-18(14-16)22(3)28(25,26)5-2/h6-12,14H,4-5,13H2,1-3H3,(H,21,24). The van der Waals surface area contributed by atoms with E-state index in [1.54, 1.807) is 56.3 Å². The van der Waals surface area contributed by atoms with Gasteiger partial charge in [-0.05, 0) is 49.7 Å². The van der Waals surface area contributed by atoms with E-state index < -0.39 is 10.0 Å². The molecule has 0 atom stereocenters. The van der Waals surface area contributed by atoms with Crippen LogP contribution in [0.15, 0.2) is 48.5 Å². The van der Waals surface area contributed by atoms with Crippen molar-refractivity contribution in [2.24, 2.45) is 0 Å². The summed E-state index contributed by atoms with van der Waals surface area (Å²) in [4.78, 5) is 24.0. The molecule has 0 aliphatic heterocycles. The summed E-state index contributed by atoms with van der Waals surface area (Å²) in [6, 6.07) is 13.3. The molecule has 0 aliphatic carbocycles. The topological polar surface area (TPSA) is 92.8 Å². The van der Waals surface area contributed by atoms with Gasteiger partial charge in [-0.3, -0.25) is 13.9 Å². The minimum absolute atomic E-state index is 0.0297. The zero-order valence-corrected chi connectivity index (χ0v) is 17.0. The van der Waals surface area contributed by atoms with Crippen LogP contribution in [-0.4, -0.2) is 39.7 Å². The van der Waals surface area contributed by atoms with E-state index in [1.807, 2.05) is 0 Å². The Morgan fingerprint density at radius 2 is 1.75 bits per heavy atom. The van der Waals surface area contributed by atoms with Crippen LogP contribution < -0.4 is 9.62 Å². The molecule has 2 aromatic rings. The van der Waals surface area contributed by atoms with Crippen molar-refractivity contribution in [1.82, 2.24) is 0 Å². The summed E-state index contributed by atoms with van der Waals surface area (Å²) in [7, 11) is -1.95. The molecule has 0 heterocycles. The largest absolute Gasteiger partial charge is 0.466 e. The fourth-order valence-corrected chi connectivity index (χ4v) is 3.31. The number of nitrogens with zero attached hydrogens (tertiary/aromatic N) is 1. The Balaban J connectivity index is 2.09. The quantitative estimate of drug-likeness (QED) is 0.683. The summed E-state index contributed by atoms with van der Waals surface area (Å²) in [6.07, 6.45) is 0.169. The number of anilines is 2. The predicted molar refractivity (Wildman–Crippen MR) is 109 cm³/mol. The van der Waals surface area contributed by atoms with Gasteiger partial charge in [-0.2, -0.15) is 0 Å². The summed E-state index contributed by atoms with van der Waals surface area (Å²) in [5.74, 6) is -0.692. The molecule has 0 radical (unpaired) electrons. The normalized spacial score (nSPS) is 11.0. The van der Waals surface area contributed by atoms with Crippen LogP contribution in [-0.2, 0) is 26.0 Å². The first kappa shape index (κ1) is 21.4. The van der Waals surface area contributed by atoms with Gasteiger partial charge in [0, 0.05) is 18.3 Å². The zero-order valence-electron chi connectivity index (χ0n) is 16.1. The number of nitrogens with one attached hydrogen (secondary N) is 1. The van der Waals surface area contributed by atoms with Crippen LogP contribution in [0.25, 0.3) is 0 Å². The lowest BCUT2D eigenvalue weighted by Crippen LogP contribution is -2.28. The van der Waals surface area contributed by atoms with Gasteiger partial charge in [0.05, 0.1) is 24.5 Å². The number of carbonyl (C=O) groups is 2. The van der Waals surface area contributed by atoms with Gasteiger partial charge in [-0.25, -0.2) is 8.42 Å². The summed E-state index contributed by atoms with van der Waals surface area (Å²) >= 11 is 0. The molecule has 2 rings (SSSR count). The number of amides is 1. The highest BCUT2D eigenvalue weighted by Gasteiger charge is 2.17. The average Bonchev–Trinajstić information content (AvgIpc) is 2.69. The van der Waals surface area contributed by atoms with Crippen molar-refractivity contribution >= 4 is 33.3 Å². The van der Waals surface area contributed by atoms with E-state index in [9.17, 15) is 18.0 Å². The zero-order chi connectivity index (χ0) is 20.7. The predicted octanol–water partition coefficient (Wildman–Crippen LogP) is 2.83. The number of rotatable bonds is 8. The van der Waals surface area contributed by atoms with Crippen molar-refractivity contribution < 1.29 is 22.7 Å². The van der Waals surface area contributed by atoms with Gasteiger partial charge in [0.25, 0.3) is 5.91 Å². The smallest absolute Gasteiger partial charge is 0.310 e. The van der Waals surface area contributed by atoms with Crippen molar-refractivity contribution in [3.63, 3.8) is 0 Å². The van der Waals surface area contributed by atoms with Gasteiger partial charge in [0.15, 0.2) is 0 Å². The maximum atomic E-state index is 12.5. The van der Waals surface area contributed by atoms with E-state index in [0.717, 1.165) is 9.87 Å². The lowest BCUT2D eigenvalue weighted by Gasteiger charge is -2.19. The van der Waals surface area contributed by atoms with Crippen molar-refractivity contribution in [1.29, 1.82) is 0 Å². The third kappa shape index (κ3) is 5.56. The molecular formula is C20H24N2O5S. The number of esters is 1. The molecular weight excluding hydrogens is 380 g/mol. The second-order valence-electron chi connectivity index (χ2n) is 6.05. The number of hydrogen-bond acceptors (Lipinski definition) is 5. The second kappa shape index (κ2) is 9.36. The lowest BCUT2D eigenvalue weighted by atomic mass is 10.1. The van der Waals surface area contributed by atoms with Crippen molar-refractivity contribution in [2.75, 3.05) is 29.0 Å². The molecule has 0 spiro atoms. The molecule has 0 saturated carbocycles. The van der Waals surface area contributed by atoms with Crippen molar-refractivity contribution in [3.05, 3.63) is 59.7 Å². The number of sulfonamides is 1. The first-order chi connectivity index (χ1) is 13.3. The van der Waals surface area contributed by atoms with Gasteiger partial charge in [-0.1, -0.05) is 18.2 Å². The van der Waals surface area contributed by atoms with Gasteiger partial charge < -0.3 is 10.1 Å². The van der Waals surface area contributed by atoms with E-state index in [2.05, 4.69) is 5.32 Å². The Kier molecular flexibility index (Phi) is 7.17. The Labute approximate surface area is 165 Å². The third-order valence-electron chi connectivity index (χ3n) is 4.12. The highest BCUT2D eigenvalue weighted by molar-refractivity contribution is 7.92. The number of ether oxygens (including phenoxy) is 1. The summed E-state index contributed by atoms with van der Waals surface area (Å²) in [5.41, 5.74) is 2.10. The van der Waals surface area contributed by atoms with E-state index in [0.29, 0.717) is 23.5 Å². The first-order valence-corrected chi connectivity index (χ1v) is 10.5. The summed E-state index contributed by atoms with van der Waals surface area (Å²) < 4.78 is 30.1. The molecule has 0 saturated heterocycles. The van der Waals surface area contributed by atoms with E-state index in [-0.39, 0.29) is 24.1 Å². The molecule has 1 amide bonds. The van der Waals surface area contributed by atoms with Crippen LogP contribution >= 0.6 is 0 Å². The van der Waals surface area contributed by atoms with Crippen LogP contribution in [0.4, 0.5) is 11.4 Å². The van der Waals surface area contributed by atoms with Crippen LogP contribution in [0.3, 0.4) is 0 Å². The molecule has 0 fully saturated rings. The SMILES string of the molecule is CCOC(=O)Cc1ccc(NC(=O)c2cccc(N(C)S(=O)(=O)CC)c2)cc1. The van der Waals surface area contributed by atoms with E-state index in [1.165, 1.54) is 13.1 Å². The van der Waals surface area contributed by atoms with Crippen LogP contribution in [0, 0.1) is 0 Å². The van der Waals surface area contributed by atoms with E-state index in [4.69, 9.17) is 4.74 Å². The maximum absolute atomic E-state index is 12.5. The van der Waals surface area contributed by atoms with E-state index >= 15 is 0 Å². The molecule has 8 heteroatoms. The van der Waals surface area contributed by atoms with Crippen molar-refractivity contribution in [2.45, 2.75) is 20.3 Å². The summed E-state index contributed by atoms with van der Waals surface area (Å²) in [6.45, 7) is 3.65. The fraction of sp³-hybridized carbons (Fsp3) is 0.300. The Morgan fingerprint density at radius 3 is 2.36 bits per heavy atom. The molecule has 0 aliphatic rings. The average molecular weight is 404 g/mol. The number of benzene rings is 2. The molecule has 28 heavy (non-hydrogen) atoms. The molecule has 0 bridgehead atoms. The first-order valence-electron chi connectivity index (χ1n) is 8.89. The fourth-order valence-electron chi connectivity index (χ4n) is 2.49. The van der Waals surface area contributed by atoms with Gasteiger partial charge in [0.1, 0.15) is 0 Å². The molecule has 1 N–H and O–H groups in total. The number of carbonyl (C=O) groups excluding carboxylic acids is 2. The van der Waals surface area contributed by atoms with Crippen LogP contribution in [0.2, 0.25) is 0 Å². The highest BCUT2D eigenvalue weighted by Crippen LogP contribution is 2.19.